The van der Waals surface area contributed by atoms with Crippen molar-refractivity contribution < 1.29 is 9.30 Å². The van der Waals surface area contributed by atoms with Gasteiger partial charge in [0.25, 0.3) is 0 Å². The standard InChI is InChI=1S/C31H22NO/c1-19-24-11-7-6-10-22(24)17-27-29(19)31-30-26(14-15-32(31)2)25-13-12-21(20-8-4-3-5-9-20)16-23(25)18-28(30)33-27/h3-18H,1-2H3/q+1. The molecule has 0 amide bonds. The Labute approximate surface area is 192 Å². The SMILES string of the molecule is Cc1c2c(cc3ccccc13)Oc1cc3cc(-c4ccccc4)ccc3c3cc[n+](C)c-2c13. The van der Waals surface area contributed by atoms with Crippen LogP contribution in [0, 0.1) is 6.92 Å². The normalized spacial score (nSPS) is 12.2. The lowest BCUT2D eigenvalue weighted by atomic mass is 9.90. The molecule has 2 heterocycles. The van der Waals surface area contributed by atoms with Gasteiger partial charge in [0.05, 0.1) is 10.9 Å². The predicted molar refractivity (Wildman–Crippen MR) is 136 cm³/mol. The third-order valence-electron chi connectivity index (χ3n) is 7.04. The molecular formula is C31H22NO+. The number of hydrogen-bond donors (Lipinski definition) is 0. The number of benzene rings is 5. The summed E-state index contributed by atoms with van der Waals surface area (Å²) in [6, 6.07) is 32.5. The second kappa shape index (κ2) is 6.66. The summed E-state index contributed by atoms with van der Waals surface area (Å²) in [4.78, 5) is 0. The van der Waals surface area contributed by atoms with Crippen molar-refractivity contribution in [3.63, 3.8) is 0 Å². The van der Waals surface area contributed by atoms with Gasteiger partial charge in [0.2, 0.25) is 5.69 Å². The number of fused-ring (bicyclic) bond motifs is 5. The van der Waals surface area contributed by atoms with Crippen molar-refractivity contribution in [3.8, 4) is 33.9 Å². The summed E-state index contributed by atoms with van der Waals surface area (Å²) in [7, 11) is 2.13. The highest BCUT2D eigenvalue weighted by Crippen LogP contribution is 2.50. The molecule has 0 saturated carbocycles. The summed E-state index contributed by atoms with van der Waals surface area (Å²) in [6.07, 6.45) is 2.18. The highest BCUT2D eigenvalue weighted by atomic mass is 16.5. The second-order valence-corrected chi connectivity index (χ2v) is 8.94. The number of aryl methyl sites for hydroxylation is 2. The van der Waals surface area contributed by atoms with E-state index < -0.39 is 0 Å². The van der Waals surface area contributed by atoms with E-state index in [4.69, 9.17) is 4.74 Å². The minimum absolute atomic E-state index is 0.927. The smallest absolute Gasteiger partial charge is 0.228 e. The molecule has 0 bridgehead atoms. The fourth-order valence-corrected chi connectivity index (χ4v) is 5.45. The summed E-state index contributed by atoms with van der Waals surface area (Å²) in [5.74, 6) is 1.86. The van der Waals surface area contributed by atoms with Crippen molar-refractivity contribution in [3.05, 3.63) is 103 Å². The van der Waals surface area contributed by atoms with Gasteiger partial charge in [-0.3, -0.25) is 0 Å². The van der Waals surface area contributed by atoms with Crippen molar-refractivity contribution in [2.24, 2.45) is 7.05 Å². The molecule has 1 aliphatic heterocycles. The lowest BCUT2D eigenvalue weighted by Crippen LogP contribution is -2.31. The van der Waals surface area contributed by atoms with Gasteiger partial charge in [0, 0.05) is 11.5 Å². The number of ether oxygens (including phenoxy) is 1. The highest BCUT2D eigenvalue weighted by Gasteiger charge is 2.30. The largest absolute Gasteiger partial charge is 0.456 e. The fourth-order valence-electron chi connectivity index (χ4n) is 5.45. The number of rotatable bonds is 1. The molecule has 7 rings (SSSR count). The molecule has 0 unspecified atom stereocenters. The van der Waals surface area contributed by atoms with E-state index in [-0.39, 0.29) is 0 Å². The molecule has 5 aromatic carbocycles. The quantitative estimate of drug-likeness (QED) is 0.194. The van der Waals surface area contributed by atoms with Crippen molar-refractivity contribution in [2.45, 2.75) is 6.92 Å². The van der Waals surface area contributed by atoms with E-state index in [2.05, 4.69) is 116 Å². The lowest BCUT2D eigenvalue weighted by molar-refractivity contribution is -0.659. The Kier molecular flexibility index (Phi) is 3.72. The van der Waals surface area contributed by atoms with E-state index in [1.807, 2.05) is 0 Å². The third-order valence-corrected chi connectivity index (χ3v) is 7.04. The van der Waals surface area contributed by atoms with Crippen LogP contribution >= 0.6 is 0 Å². The van der Waals surface area contributed by atoms with Gasteiger partial charge in [0.1, 0.15) is 18.5 Å². The van der Waals surface area contributed by atoms with Crippen molar-refractivity contribution in [1.29, 1.82) is 0 Å². The van der Waals surface area contributed by atoms with Crippen LogP contribution < -0.4 is 9.30 Å². The monoisotopic (exact) mass is 424 g/mol. The predicted octanol–water partition coefficient (Wildman–Crippen LogP) is 7.72. The third kappa shape index (κ3) is 2.58. The zero-order valence-electron chi connectivity index (χ0n) is 18.6. The molecule has 0 fully saturated rings. The summed E-state index contributed by atoms with van der Waals surface area (Å²) >= 11 is 0. The zero-order chi connectivity index (χ0) is 22.1. The molecule has 0 N–H and O–H groups in total. The first-order chi connectivity index (χ1) is 16.2. The first kappa shape index (κ1) is 18.4. The van der Waals surface area contributed by atoms with Gasteiger partial charge in [0.15, 0.2) is 6.20 Å². The molecule has 0 radical (unpaired) electrons. The molecule has 0 spiro atoms. The van der Waals surface area contributed by atoms with Crippen LogP contribution in [0.1, 0.15) is 5.56 Å². The molecule has 1 aliphatic rings. The van der Waals surface area contributed by atoms with Crippen molar-refractivity contribution in [2.75, 3.05) is 0 Å². The first-order valence-corrected chi connectivity index (χ1v) is 11.3. The Hall–Kier alpha value is -4.17. The molecule has 2 heteroatoms. The maximum absolute atomic E-state index is 6.63. The Morgan fingerprint density at radius 1 is 0.636 bits per heavy atom. The van der Waals surface area contributed by atoms with E-state index >= 15 is 0 Å². The average molecular weight is 425 g/mol. The molecule has 6 aromatic rings. The maximum Gasteiger partial charge on any atom is 0.228 e. The zero-order valence-corrected chi connectivity index (χ0v) is 18.6. The summed E-state index contributed by atoms with van der Waals surface area (Å²) in [6.45, 7) is 2.21. The van der Waals surface area contributed by atoms with Gasteiger partial charge >= 0.3 is 0 Å². The van der Waals surface area contributed by atoms with Crippen LogP contribution in [0.5, 0.6) is 11.5 Å². The molecule has 0 atom stereocenters. The number of aromatic nitrogens is 1. The minimum atomic E-state index is 0.927. The van der Waals surface area contributed by atoms with E-state index in [1.165, 1.54) is 60.3 Å². The van der Waals surface area contributed by atoms with E-state index in [1.54, 1.807) is 0 Å². The fraction of sp³-hybridized carbons (Fsp3) is 0.0645. The first-order valence-electron chi connectivity index (χ1n) is 11.3. The van der Waals surface area contributed by atoms with Crippen molar-refractivity contribution in [1.82, 2.24) is 0 Å². The molecular weight excluding hydrogens is 402 g/mol. The van der Waals surface area contributed by atoms with Crippen molar-refractivity contribution >= 4 is 32.3 Å². The van der Waals surface area contributed by atoms with E-state index in [0.29, 0.717) is 0 Å². The Balaban J connectivity index is 1.57. The molecule has 1 aromatic heterocycles. The summed E-state index contributed by atoms with van der Waals surface area (Å²) in [5.41, 5.74) is 6.11. The van der Waals surface area contributed by atoms with Gasteiger partial charge in [-0.25, -0.2) is 4.57 Å². The van der Waals surface area contributed by atoms with E-state index in [0.717, 1.165) is 11.5 Å². The average Bonchev–Trinajstić information content (AvgIpc) is 2.85. The maximum atomic E-state index is 6.63. The van der Waals surface area contributed by atoms with Crippen LogP contribution in [0.4, 0.5) is 0 Å². The lowest BCUT2D eigenvalue weighted by Gasteiger charge is -2.22. The van der Waals surface area contributed by atoms with Crippen LogP contribution in [-0.4, -0.2) is 0 Å². The van der Waals surface area contributed by atoms with Gasteiger partial charge in [-0.1, -0.05) is 66.7 Å². The van der Waals surface area contributed by atoms with Gasteiger partial charge in [-0.15, -0.1) is 0 Å². The van der Waals surface area contributed by atoms with E-state index in [9.17, 15) is 0 Å². The minimum Gasteiger partial charge on any atom is -0.456 e. The number of pyridine rings is 1. The summed E-state index contributed by atoms with van der Waals surface area (Å²) < 4.78 is 8.87. The van der Waals surface area contributed by atoms with Gasteiger partial charge < -0.3 is 4.74 Å². The van der Waals surface area contributed by atoms with Crippen LogP contribution in [0.15, 0.2) is 97.2 Å². The van der Waals surface area contributed by atoms with Crippen LogP contribution in [0.3, 0.4) is 0 Å². The topological polar surface area (TPSA) is 13.1 Å². The number of hydrogen-bond acceptors (Lipinski definition) is 1. The molecule has 0 saturated heterocycles. The molecule has 33 heavy (non-hydrogen) atoms. The molecule has 2 nitrogen and oxygen atoms in total. The number of nitrogens with zero attached hydrogens (tertiary/aromatic N) is 1. The molecule has 156 valence electrons. The van der Waals surface area contributed by atoms with Crippen LogP contribution in [0.2, 0.25) is 0 Å². The second-order valence-electron chi connectivity index (χ2n) is 8.94. The van der Waals surface area contributed by atoms with Gasteiger partial charge in [-0.2, -0.15) is 0 Å². The van der Waals surface area contributed by atoms with Crippen LogP contribution in [0.25, 0.3) is 54.7 Å². The van der Waals surface area contributed by atoms with Gasteiger partial charge in [-0.05, 0) is 63.4 Å². The summed E-state index contributed by atoms with van der Waals surface area (Å²) in [5, 5.41) is 7.34. The Bertz CT molecular complexity index is 1750. The highest BCUT2D eigenvalue weighted by molar-refractivity contribution is 6.16. The molecule has 0 aliphatic carbocycles. The Morgan fingerprint density at radius 3 is 2.30 bits per heavy atom. The van der Waals surface area contributed by atoms with Crippen LogP contribution in [-0.2, 0) is 7.05 Å². The Morgan fingerprint density at radius 2 is 1.42 bits per heavy atom.